The van der Waals surface area contributed by atoms with Crippen LogP contribution >= 0.6 is 0 Å². The van der Waals surface area contributed by atoms with Crippen molar-refractivity contribution in [1.29, 1.82) is 0 Å². The molecule has 2 aromatic heterocycles. The minimum Gasteiger partial charge on any atom is -0.477 e. The largest absolute Gasteiger partial charge is 0.477 e. The molecule has 30 heavy (non-hydrogen) atoms. The van der Waals surface area contributed by atoms with E-state index in [0.717, 1.165) is 30.9 Å². The summed E-state index contributed by atoms with van der Waals surface area (Å²) >= 11 is 0. The van der Waals surface area contributed by atoms with Crippen molar-refractivity contribution in [2.24, 2.45) is 4.99 Å². The number of aliphatic imine (C=N–C) groups is 1. The van der Waals surface area contributed by atoms with Gasteiger partial charge in [-0.05, 0) is 29.7 Å². The number of rotatable bonds is 10. The second-order valence-corrected chi connectivity index (χ2v) is 6.92. The van der Waals surface area contributed by atoms with Gasteiger partial charge in [-0.15, -0.1) is 0 Å². The molecule has 0 saturated carbocycles. The second kappa shape index (κ2) is 11.6. The third kappa shape index (κ3) is 6.34. The van der Waals surface area contributed by atoms with Gasteiger partial charge in [0.2, 0.25) is 5.88 Å². The summed E-state index contributed by atoms with van der Waals surface area (Å²) in [5.41, 5.74) is 3.44. The molecule has 0 aliphatic carbocycles. The van der Waals surface area contributed by atoms with Crippen LogP contribution in [0.15, 0.2) is 66.0 Å². The summed E-state index contributed by atoms with van der Waals surface area (Å²) in [7, 11) is 1.77. The molecule has 0 unspecified atom stereocenters. The Morgan fingerprint density at radius 2 is 1.77 bits per heavy atom. The molecule has 2 N–H and O–H groups in total. The normalized spacial score (nSPS) is 11.3. The number of aromatic nitrogens is 3. The van der Waals surface area contributed by atoms with Crippen LogP contribution in [0, 0.1) is 0 Å². The van der Waals surface area contributed by atoms with Crippen molar-refractivity contribution in [1.82, 2.24) is 25.4 Å². The number of nitrogens with zero attached hydrogens (tertiary/aromatic N) is 4. The Balaban J connectivity index is 1.56. The van der Waals surface area contributed by atoms with Crippen LogP contribution in [0.25, 0.3) is 0 Å². The zero-order valence-electron chi connectivity index (χ0n) is 17.7. The Morgan fingerprint density at radius 3 is 2.50 bits per heavy atom. The standard InChI is InChI=1S/C23H30N6O/c1-3-4-15-30-22-20(11-7-12-25-22)17-27-23(24-2)26-16-19-9-5-6-10-21(19)18-29-14-8-13-28-29/h5-14H,3-4,15-18H2,1-2H3,(H2,24,26,27). The van der Waals surface area contributed by atoms with Gasteiger partial charge in [0.25, 0.3) is 0 Å². The number of nitrogens with one attached hydrogen (secondary N) is 2. The molecule has 1 aromatic carbocycles. The highest BCUT2D eigenvalue weighted by Crippen LogP contribution is 2.14. The predicted octanol–water partition coefficient (Wildman–Crippen LogP) is 3.37. The van der Waals surface area contributed by atoms with E-state index in [0.29, 0.717) is 25.6 Å². The van der Waals surface area contributed by atoms with Crippen molar-refractivity contribution in [2.75, 3.05) is 13.7 Å². The van der Waals surface area contributed by atoms with Gasteiger partial charge in [0.1, 0.15) is 0 Å². The monoisotopic (exact) mass is 406 g/mol. The topological polar surface area (TPSA) is 76.4 Å². The van der Waals surface area contributed by atoms with Crippen molar-refractivity contribution in [3.63, 3.8) is 0 Å². The quantitative estimate of drug-likeness (QED) is 0.307. The minimum absolute atomic E-state index is 0.587. The molecule has 0 amide bonds. The third-order valence-electron chi connectivity index (χ3n) is 4.71. The molecule has 7 heteroatoms. The van der Waals surface area contributed by atoms with E-state index < -0.39 is 0 Å². The lowest BCUT2D eigenvalue weighted by molar-refractivity contribution is 0.294. The fourth-order valence-electron chi connectivity index (χ4n) is 3.03. The van der Waals surface area contributed by atoms with Crippen molar-refractivity contribution in [2.45, 2.75) is 39.4 Å². The van der Waals surface area contributed by atoms with Gasteiger partial charge < -0.3 is 15.4 Å². The van der Waals surface area contributed by atoms with Gasteiger partial charge in [0.15, 0.2) is 5.96 Å². The lowest BCUT2D eigenvalue weighted by atomic mass is 10.1. The number of guanidine groups is 1. The van der Waals surface area contributed by atoms with Gasteiger partial charge in [0, 0.05) is 44.3 Å². The number of benzene rings is 1. The van der Waals surface area contributed by atoms with Crippen LogP contribution in [0.3, 0.4) is 0 Å². The smallest absolute Gasteiger partial charge is 0.218 e. The van der Waals surface area contributed by atoms with Crippen LogP contribution in [0.4, 0.5) is 0 Å². The van der Waals surface area contributed by atoms with E-state index in [1.807, 2.05) is 29.1 Å². The summed E-state index contributed by atoms with van der Waals surface area (Å²) in [5.74, 6) is 1.41. The fraction of sp³-hybridized carbons (Fsp3) is 0.348. The summed E-state index contributed by atoms with van der Waals surface area (Å²) in [5, 5.41) is 11.1. The van der Waals surface area contributed by atoms with Gasteiger partial charge in [-0.3, -0.25) is 9.67 Å². The second-order valence-electron chi connectivity index (χ2n) is 6.92. The number of hydrogen-bond acceptors (Lipinski definition) is 4. The maximum absolute atomic E-state index is 5.82. The molecule has 0 spiro atoms. The summed E-state index contributed by atoms with van der Waals surface area (Å²) in [4.78, 5) is 8.71. The van der Waals surface area contributed by atoms with Crippen molar-refractivity contribution >= 4 is 5.96 Å². The van der Waals surface area contributed by atoms with E-state index in [4.69, 9.17) is 4.74 Å². The lowest BCUT2D eigenvalue weighted by Crippen LogP contribution is -2.36. The number of hydrogen-bond donors (Lipinski definition) is 2. The van der Waals surface area contributed by atoms with Gasteiger partial charge in [-0.1, -0.05) is 43.7 Å². The molecule has 2 heterocycles. The van der Waals surface area contributed by atoms with Crippen molar-refractivity contribution in [3.05, 3.63) is 77.7 Å². The average Bonchev–Trinajstić information content (AvgIpc) is 3.29. The summed E-state index contributed by atoms with van der Waals surface area (Å²) < 4.78 is 7.74. The molecule has 0 aliphatic heterocycles. The maximum Gasteiger partial charge on any atom is 0.218 e. The van der Waals surface area contributed by atoms with Crippen molar-refractivity contribution in [3.8, 4) is 5.88 Å². The molecule has 7 nitrogen and oxygen atoms in total. The van der Waals surface area contributed by atoms with E-state index in [2.05, 4.69) is 56.9 Å². The highest BCUT2D eigenvalue weighted by molar-refractivity contribution is 5.79. The molecular formula is C23H30N6O. The van der Waals surface area contributed by atoms with Gasteiger partial charge >= 0.3 is 0 Å². The first-order valence-corrected chi connectivity index (χ1v) is 10.4. The Bertz CT molecular complexity index is 923. The molecule has 3 rings (SSSR count). The van der Waals surface area contributed by atoms with Crippen LogP contribution in [0.1, 0.15) is 36.5 Å². The van der Waals surface area contributed by atoms with Gasteiger partial charge in [-0.25, -0.2) is 4.98 Å². The summed E-state index contributed by atoms with van der Waals surface area (Å²) in [6.07, 6.45) is 7.64. The molecule has 158 valence electrons. The highest BCUT2D eigenvalue weighted by atomic mass is 16.5. The van der Waals surface area contributed by atoms with E-state index >= 15 is 0 Å². The van der Waals surface area contributed by atoms with Crippen molar-refractivity contribution < 1.29 is 4.74 Å². The van der Waals surface area contributed by atoms with Gasteiger partial charge in [-0.2, -0.15) is 5.10 Å². The summed E-state index contributed by atoms with van der Waals surface area (Å²) in [6.45, 7) is 4.83. The molecule has 0 aliphatic rings. The van der Waals surface area contributed by atoms with Crippen LogP contribution in [-0.4, -0.2) is 34.4 Å². The first-order valence-electron chi connectivity index (χ1n) is 10.4. The van der Waals surface area contributed by atoms with Crippen LogP contribution in [0.2, 0.25) is 0 Å². The Morgan fingerprint density at radius 1 is 1.00 bits per heavy atom. The molecular weight excluding hydrogens is 376 g/mol. The Labute approximate surface area is 178 Å². The Hall–Kier alpha value is -3.35. The minimum atomic E-state index is 0.587. The van der Waals surface area contributed by atoms with E-state index in [9.17, 15) is 0 Å². The first-order chi connectivity index (χ1) is 14.8. The Kier molecular flexibility index (Phi) is 8.26. The van der Waals surface area contributed by atoms with Crippen LogP contribution < -0.4 is 15.4 Å². The van der Waals surface area contributed by atoms with E-state index in [1.165, 1.54) is 11.1 Å². The number of unbranched alkanes of at least 4 members (excludes halogenated alkanes) is 1. The van der Waals surface area contributed by atoms with Crippen LogP contribution in [-0.2, 0) is 19.6 Å². The molecule has 0 radical (unpaired) electrons. The van der Waals surface area contributed by atoms with E-state index in [-0.39, 0.29) is 0 Å². The third-order valence-corrected chi connectivity index (χ3v) is 4.71. The average molecular weight is 407 g/mol. The number of pyridine rings is 1. The summed E-state index contributed by atoms with van der Waals surface area (Å²) in [6, 6.07) is 14.2. The zero-order chi connectivity index (χ0) is 21.0. The SMILES string of the molecule is CCCCOc1ncccc1CNC(=NC)NCc1ccccc1Cn1cccn1. The maximum atomic E-state index is 5.82. The number of ether oxygens (including phenoxy) is 1. The van der Waals surface area contributed by atoms with Gasteiger partial charge in [0.05, 0.1) is 13.2 Å². The fourth-order valence-corrected chi connectivity index (χ4v) is 3.03. The van der Waals surface area contributed by atoms with Crippen LogP contribution in [0.5, 0.6) is 5.88 Å². The lowest BCUT2D eigenvalue weighted by Gasteiger charge is -2.15. The molecule has 3 aromatic rings. The van der Waals surface area contributed by atoms with E-state index in [1.54, 1.807) is 19.4 Å². The predicted molar refractivity (Wildman–Crippen MR) is 119 cm³/mol. The molecule has 0 saturated heterocycles. The molecule has 0 atom stereocenters. The molecule has 0 fully saturated rings. The molecule has 0 bridgehead atoms. The first kappa shape index (κ1) is 21.4. The zero-order valence-corrected chi connectivity index (χ0v) is 17.7. The highest BCUT2D eigenvalue weighted by Gasteiger charge is 2.07.